The van der Waals surface area contributed by atoms with Crippen LogP contribution in [0.2, 0.25) is 0 Å². The second-order valence-electron chi connectivity index (χ2n) is 11.2. The summed E-state index contributed by atoms with van der Waals surface area (Å²) in [5.74, 6) is 1.56. The summed E-state index contributed by atoms with van der Waals surface area (Å²) in [5.41, 5.74) is 3.85. The van der Waals surface area contributed by atoms with Gasteiger partial charge in [-0.15, -0.1) is 0 Å². The van der Waals surface area contributed by atoms with E-state index in [9.17, 15) is 14.4 Å². The molecule has 2 aromatic carbocycles. The van der Waals surface area contributed by atoms with Gasteiger partial charge in [-0.25, -0.2) is 0 Å². The summed E-state index contributed by atoms with van der Waals surface area (Å²) in [4.78, 5) is 41.1. The van der Waals surface area contributed by atoms with E-state index in [2.05, 4.69) is 34.5 Å². The molecule has 3 amide bonds. The molecule has 0 radical (unpaired) electrons. The van der Waals surface area contributed by atoms with E-state index in [1.165, 1.54) is 50.9 Å². The third-order valence-electron chi connectivity index (χ3n) is 8.40. The summed E-state index contributed by atoms with van der Waals surface area (Å²) < 4.78 is 6.16. The van der Waals surface area contributed by atoms with Gasteiger partial charge in [-0.2, -0.15) is 0 Å². The minimum absolute atomic E-state index is 0.183. The first-order valence-corrected chi connectivity index (χ1v) is 13.7. The predicted molar refractivity (Wildman–Crippen MR) is 139 cm³/mol. The van der Waals surface area contributed by atoms with Crippen LogP contribution in [-0.4, -0.2) is 53.2 Å². The number of benzene rings is 2. The van der Waals surface area contributed by atoms with E-state index in [4.69, 9.17) is 4.74 Å². The van der Waals surface area contributed by atoms with E-state index >= 15 is 0 Å². The molecule has 1 saturated carbocycles. The van der Waals surface area contributed by atoms with Crippen molar-refractivity contribution in [1.82, 2.24) is 15.1 Å². The van der Waals surface area contributed by atoms with Crippen LogP contribution in [-0.2, 0) is 29.2 Å². The Bertz CT molecular complexity index is 1180. The Morgan fingerprint density at radius 1 is 0.865 bits per heavy atom. The smallest absolute Gasteiger partial charge is 0.255 e. The first-order chi connectivity index (χ1) is 18.0. The highest BCUT2D eigenvalue weighted by atomic mass is 16.5. The van der Waals surface area contributed by atoms with Crippen molar-refractivity contribution in [2.24, 2.45) is 11.8 Å². The number of carbonyl (C=O) groups excluding carboxylic acids is 3. The molecule has 2 aromatic rings. The maximum Gasteiger partial charge on any atom is 0.255 e. The maximum atomic E-state index is 13.0. The molecule has 7 heteroatoms. The predicted octanol–water partition coefficient (Wildman–Crippen LogP) is 3.69. The van der Waals surface area contributed by atoms with E-state index in [1.54, 1.807) is 11.0 Å². The number of nitrogens with one attached hydrogen (secondary N) is 1. The second-order valence-corrected chi connectivity index (χ2v) is 11.2. The van der Waals surface area contributed by atoms with Crippen molar-refractivity contribution in [3.05, 3.63) is 64.7 Å². The van der Waals surface area contributed by atoms with Gasteiger partial charge in [-0.05, 0) is 86.7 Å². The normalized spacial score (nSPS) is 22.8. The molecule has 1 aliphatic carbocycles. The van der Waals surface area contributed by atoms with E-state index in [0.717, 1.165) is 29.4 Å². The van der Waals surface area contributed by atoms with E-state index in [1.807, 2.05) is 12.1 Å². The van der Waals surface area contributed by atoms with Crippen molar-refractivity contribution in [3.8, 4) is 5.75 Å². The van der Waals surface area contributed by atoms with Gasteiger partial charge in [0, 0.05) is 24.1 Å². The molecule has 1 atom stereocenters. The van der Waals surface area contributed by atoms with E-state index in [-0.39, 0.29) is 18.2 Å². The molecule has 1 unspecified atom stereocenters. The lowest BCUT2D eigenvalue weighted by Crippen LogP contribution is -2.52. The molecule has 0 aromatic heterocycles. The van der Waals surface area contributed by atoms with Crippen molar-refractivity contribution in [2.75, 3.05) is 19.6 Å². The average molecular weight is 502 g/mol. The molecule has 2 saturated heterocycles. The molecule has 6 rings (SSSR count). The summed E-state index contributed by atoms with van der Waals surface area (Å²) in [5, 5.41) is 2.35. The average Bonchev–Trinajstić information content (AvgIpc) is 3.66. The Morgan fingerprint density at radius 2 is 1.62 bits per heavy atom. The molecule has 3 fully saturated rings. The fourth-order valence-electron chi connectivity index (χ4n) is 6.00. The van der Waals surface area contributed by atoms with Crippen molar-refractivity contribution < 1.29 is 19.1 Å². The van der Waals surface area contributed by atoms with Gasteiger partial charge in [0.1, 0.15) is 18.4 Å². The van der Waals surface area contributed by atoms with Gasteiger partial charge >= 0.3 is 0 Å². The van der Waals surface area contributed by atoms with Gasteiger partial charge in [-0.3, -0.25) is 19.7 Å². The van der Waals surface area contributed by atoms with Crippen molar-refractivity contribution >= 4 is 17.7 Å². The van der Waals surface area contributed by atoms with Crippen LogP contribution in [0.4, 0.5) is 0 Å². The summed E-state index contributed by atoms with van der Waals surface area (Å²) in [6.45, 7) is 4.54. The van der Waals surface area contributed by atoms with Crippen LogP contribution in [0.1, 0.15) is 65.6 Å². The highest BCUT2D eigenvalue weighted by molar-refractivity contribution is 6.05. The zero-order valence-electron chi connectivity index (χ0n) is 21.3. The van der Waals surface area contributed by atoms with Crippen molar-refractivity contribution in [1.29, 1.82) is 0 Å². The lowest BCUT2D eigenvalue weighted by Gasteiger charge is -2.32. The number of ether oxygens (including phenoxy) is 1. The number of nitrogens with zero attached hydrogens (tertiary/aromatic N) is 2. The molecule has 0 bridgehead atoms. The van der Waals surface area contributed by atoms with Crippen LogP contribution >= 0.6 is 0 Å². The van der Waals surface area contributed by atoms with Crippen LogP contribution < -0.4 is 10.1 Å². The number of amides is 3. The molecule has 7 nitrogen and oxygen atoms in total. The molecule has 3 aliphatic heterocycles. The third-order valence-corrected chi connectivity index (χ3v) is 8.40. The largest absolute Gasteiger partial charge is 0.489 e. The van der Waals surface area contributed by atoms with E-state index < -0.39 is 11.9 Å². The number of fused-ring (bicyclic) bond motifs is 1. The van der Waals surface area contributed by atoms with Gasteiger partial charge in [0.2, 0.25) is 11.8 Å². The number of carbonyl (C=O) groups is 3. The molecule has 37 heavy (non-hydrogen) atoms. The van der Waals surface area contributed by atoms with Gasteiger partial charge < -0.3 is 14.5 Å². The Morgan fingerprint density at radius 3 is 2.35 bits per heavy atom. The van der Waals surface area contributed by atoms with Crippen LogP contribution in [0.15, 0.2) is 42.5 Å². The first kappa shape index (κ1) is 24.2. The monoisotopic (exact) mass is 501 g/mol. The Hall–Kier alpha value is -3.19. The summed E-state index contributed by atoms with van der Waals surface area (Å²) >= 11 is 0. The molecular formula is C30H35N3O4. The summed E-state index contributed by atoms with van der Waals surface area (Å²) in [6.07, 6.45) is 7.20. The minimum atomic E-state index is -0.622. The molecule has 1 N–H and O–H groups in total. The van der Waals surface area contributed by atoms with Gasteiger partial charge in [0.25, 0.3) is 5.91 Å². The number of rotatable bonds is 8. The fourth-order valence-corrected chi connectivity index (χ4v) is 6.00. The molecule has 4 aliphatic rings. The Balaban J connectivity index is 1.03. The number of likely N-dealkylation sites (tertiary alicyclic amines) is 1. The molecule has 3 heterocycles. The topological polar surface area (TPSA) is 79.0 Å². The SMILES string of the molecule is O=C1CCC(N2Cc3c(OCc4ccc(CC5CCN(CC6CC6)CC5)cc4)cccc3C2=O)C(=O)N1. The highest BCUT2D eigenvalue weighted by Gasteiger charge is 2.40. The fraction of sp³-hybridized carbons (Fsp3) is 0.500. The van der Waals surface area contributed by atoms with Crippen LogP contribution in [0, 0.1) is 11.8 Å². The molecule has 0 spiro atoms. The highest BCUT2D eigenvalue weighted by Crippen LogP contribution is 2.34. The van der Waals surface area contributed by atoms with Gasteiger partial charge in [0.05, 0.1) is 6.54 Å². The van der Waals surface area contributed by atoms with Crippen molar-refractivity contribution in [3.63, 3.8) is 0 Å². The number of hydrogen-bond acceptors (Lipinski definition) is 5. The number of imide groups is 1. The standard InChI is InChI=1S/C30H35N3O4/c34-28-11-10-26(29(35)31-28)33-18-25-24(30(33)36)2-1-3-27(25)37-19-23-8-4-20(5-9-23)16-21-12-14-32(15-13-21)17-22-6-7-22/h1-5,8-9,21-22,26H,6-7,10-19H2,(H,31,34,35). The minimum Gasteiger partial charge on any atom is -0.489 e. The quantitative estimate of drug-likeness (QED) is 0.558. The molecule has 194 valence electrons. The third kappa shape index (κ3) is 5.42. The second kappa shape index (κ2) is 10.3. The zero-order valence-corrected chi connectivity index (χ0v) is 21.3. The van der Waals surface area contributed by atoms with Crippen LogP contribution in [0.3, 0.4) is 0 Å². The Kier molecular flexibility index (Phi) is 6.72. The summed E-state index contributed by atoms with van der Waals surface area (Å²) in [6, 6.07) is 13.6. The van der Waals surface area contributed by atoms with Crippen LogP contribution in [0.25, 0.3) is 0 Å². The maximum absolute atomic E-state index is 13.0. The number of piperidine rings is 2. The summed E-state index contributed by atoms with van der Waals surface area (Å²) in [7, 11) is 0. The molecular weight excluding hydrogens is 466 g/mol. The van der Waals surface area contributed by atoms with Gasteiger partial charge in [0.15, 0.2) is 0 Å². The lowest BCUT2D eigenvalue weighted by atomic mass is 9.90. The first-order valence-electron chi connectivity index (χ1n) is 13.7. The Labute approximate surface area is 218 Å². The van der Waals surface area contributed by atoms with E-state index in [0.29, 0.717) is 30.9 Å². The van der Waals surface area contributed by atoms with Crippen molar-refractivity contribution in [2.45, 2.75) is 64.1 Å². The lowest BCUT2D eigenvalue weighted by molar-refractivity contribution is -0.136. The van der Waals surface area contributed by atoms with Gasteiger partial charge in [-0.1, -0.05) is 30.3 Å². The van der Waals surface area contributed by atoms with Crippen LogP contribution in [0.5, 0.6) is 5.75 Å². The zero-order chi connectivity index (χ0) is 25.4. The number of hydrogen-bond donors (Lipinski definition) is 1.